The van der Waals surface area contributed by atoms with Gasteiger partial charge in [0, 0.05) is 70.0 Å². The van der Waals surface area contributed by atoms with Crippen LogP contribution in [0.1, 0.15) is 36.8 Å². The second-order valence-corrected chi connectivity index (χ2v) is 14.7. The van der Waals surface area contributed by atoms with E-state index in [0.717, 1.165) is 55.8 Å². The minimum Gasteiger partial charge on any atom is -0.506 e. The highest BCUT2D eigenvalue weighted by Crippen LogP contribution is 2.34. The summed E-state index contributed by atoms with van der Waals surface area (Å²) in [6.07, 6.45) is 3.93. The molecular weight excluding hydrogens is 718 g/mol. The second kappa shape index (κ2) is 14.5. The lowest BCUT2D eigenvalue weighted by atomic mass is 10.0. The van der Waals surface area contributed by atoms with E-state index in [1.165, 1.54) is 0 Å². The molecule has 4 heterocycles. The van der Waals surface area contributed by atoms with Crippen molar-refractivity contribution in [1.29, 1.82) is 0 Å². The first kappa shape index (κ1) is 33.0. The van der Waals surface area contributed by atoms with E-state index >= 15 is 0 Å². The molecule has 0 aliphatic carbocycles. The number of hydrogen-bond acceptors (Lipinski definition) is 6. The first-order chi connectivity index (χ1) is 22.2. The second-order valence-electron chi connectivity index (χ2n) is 12.9. The van der Waals surface area contributed by atoms with Crippen molar-refractivity contribution in [2.24, 2.45) is 0 Å². The van der Waals surface area contributed by atoms with Gasteiger partial charge < -0.3 is 35.3 Å². The highest BCUT2D eigenvalue weighted by molar-refractivity contribution is 9.11. The molecule has 3 N–H and O–H groups in total. The molecule has 0 radical (unpaired) electrons. The average Bonchev–Trinajstić information content (AvgIpc) is 3.06. The fourth-order valence-electron chi connectivity index (χ4n) is 7.20. The number of phenolic OH excluding ortho intramolecular Hbond substituents is 1. The van der Waals surface area contributed by atoms with E-state index in [-0.39, 0.29) is 29.8 Å². The molecule has 0 saturated carbocycles. The molecule has 4 aliphatic rings. The van der Waals surface area contributed by atoms with Gasteiger partial charge >= 0.3 is 12.1 Å². The molecule has 46 heavy (non-hydrogen) atoms. The summed E-state index contributed by atoms with van der Waals surface area (Å²) in [5.74, 6) is 0.00433. The van der Waals surface area contributed by atoms with Crippen LogP contribution in [0.3, 0.4) is 0 Å². The zero-order valence-corrected chi connectivity index (χ0v) is 29.4. The Kier molecular flexibility index (Phi) is 10.4. The molecule has 2 aromatic carbocycles. The summed E-state index contributed by atoms with van der Waals surface area (Å²) in [5.41, 5.74) is 2.76. The maximum atomic E-state index is 14.0. The van der Waals surface area contributed by atoms with Gasteiger partial charge in [-0.15, -0.1) is 0 Å². The Morgan fingerprint density at radius 2 is 1.54 bits per heavy atom. The fourth-order valence-corrected chi connectivity index (χ4v) is 8.48. The number of para-hydroxylation sites is 1. The van der Waals surface area contributed by atoms with Crippen molar-refractivity contribution in [2.75, 3.05) is 64.7 Å². The van der Waals surface area contributed by atoms with Crippen LogP contribution in [-0.4, -0.2) is 125 Å². The SMILES string of the molecule is CN1CCC(N2CCN(C(=O)[C@H](Cc3cc(Br)c(O)c(Br)c3)NC(=O)N3CCC(N4Cc5ccccc5NC4=O)CC3)CC2)CC1. The highest BCUT2D eigenvalue weighted by Gasteiger charge is 2.35. The Morgan fingerprint density at radius 1 is 0.913 bits per heavy atom. The molecular formula is C33H43Br2N7O4. The number of nitrogens with one attached hydrogen (secondary N) is 2. The number of nitrogens with zero attached hydrogens (tertiary/aromatic N) is 5. The largest absolute Gasteiger partial charge is 0.506 e. The molecule has 0 spiro atoms. The van der Waals surface area contributed by atoms with Crippen LogP contribution in [0.5, 0.6) is 5.75 Å². The third-order valence-corrected chi connectivity index (χ3v) is 11.2. The minimum atomic E-state index is -0.757. The lowest BCUT2D eigenvalue weighted by Gasteiger charge is -2.43. The lowest BCUT2D eigenvalue weighted by Crippen LogP contribution is -2.59. The van der Waals surface area contributed by atoms with Crippen molar-refractivity contribution in [3.8, 4) is 5.75 Å². The van der Waals surface area contributed by atoms with Crippen molar-refractivity contribution < 1.29 is 19.5 Å². The van der Waals surface area contributed by atoms with Gasteiger partial charge in [0.25, 0.3) is 0 Å². The molecule has 1 atom stereocenters. The van der Waals surface area contributed by atoms with Gasteiger partial charge in [-0.25, -0.2) is 9.59 Å². The van der Waals surface area contributed by atoms with Gasteiger partial charge in [0.15, 0.2) is 0 Å². The summed E-state index contributed by atoms with van der Waals surface area (Å²) >= 11 is 6.80. The van der Waals surface area contributed by atoms with Gasteiger partial charge in [0.2, 0.25) is 5.91 Å². The average molecular weight is 762 g/mol. The molecule has 248 valence electrons. The normalized spacial score (nSPS) is 21.1. The van der Waals surface area contributed by atoms with Crippen LogP contribution in [0.2, 0.25) is 0 Å². The van der Waals surface area contributed by atoms with Crippen molar-refractivity contribution in [2.45, 2.75) is 56.8 Å². The summed E-state index contributed by atoms with van der Waals surface area (Å²) in [6.45, 7) is 6.68. The highest BCUT2D eigenvalue weighted by atomic mass is 79.9. The lowest BCUT2D eigenvalue weighted by molar-refractivity contribution is -0.135. The zero-order chi connectivity index (χ0) is 32.4. The standard InChI is InChI=1S/C33H43Br2N7O4/c1-38-10-6-24(7-11-38)39-14-16-40(17-15-39)31(44)29(20-22-18-26(34)30(43)27(35)19-22)37-32(45)41-12-8-25(9-13-41)42-21-23-4-2-3-5-28(23)36-33(42)46/h2-5,18-19,24-25,29,43H,6-17,20-21H2,1H3,(H,36,46)(H,37,45)/t29-/m0/s1. The van der Waals surface area contributed by atoms with Crippen molar-refractivity contribution in [3.05, 3.63) is 56.5 Å². The first-order valence-electron chi connectivity index (χ1n) is 16.3. The number of likely N-dealkylation sites (tertiary alicyclic amines) is 2. The molecule has 0 aromatic heterocycles. The quantitative estimate of drug-likeness (QED) is 0.406. The van der Waals surface area contributed by atoms with Crippen molar-refractivity contribution in [1.82, 2.24) is 29.8 Å². The molecule has 6 rings (SSSR count). The maximum Gasteiger partial charge on any atom is 0.322 e. The molecule has 11 nitrogen and oxygen atoms in total. The number of urea groups is 2. The molecule has 4 aliphatic heterocycles. The van der Waals surface area contributed by atoms with E-state index in [4.69, 9.17) is 0 Å². The summed E-state index contributed by atoms with van der Waals surface area (Å²) in [7, 11) is 2.17. The topological polar surface area (TPSA) is 112 Å². The molecule has 5 amide bonds. The van der Waals surface area contributed by atoms with Crippen LogP contribution in [0.25, 0.3) is 0 Å². The number of amides is 5. The maximum absolute atomic E-state index is 14.0. The number of piperazine rings is 1. The summed E-state index contributed by atoms with van der Waals surface area (Å²) in [6, 6.07) is 10.9. The number of aromatic hydroxyl groups is 1. The van der Waals surface area contributed by atoms with Gasteiger partial charge in [0.05, 0.1) is 8.95 Å². The van der Waals surface area contributed by atoms with Crippen LogP contribution < -0.4 is 10.6 Å². The number of carbonyl (C=O) groups excluding carboxylic acids is 3. The Bertz CT molecular complexity index is 1410. The minimum absolute atomic E-state index is 0.0300. The van der Waals surface area contributed by atoms with Gasteiger partial charge in [-0.2, -0.15) is 0 Å². The first-order valence-corrected chi connectivity index (χ1v) is 17.8. The number of halogens is 2. The molecule has 2 aromatic rings. The van der Waals surface area contributed by atoms with Crippen molar-refractivity contribution in [3.63, 3.8) is 0 Å². The van der Waals surface area contributed by atoms with E-state index in [0.29, 0.717) is 67.0 Å². The fraction of sp³-hybridized carbons (Fsp3) is 0.545. The Morgan fingerprint density at radius 3 is 2.22 bits per heavy atom. The molecule has 3 saturated heterocycles. The molecule has 3 fully saturated rings. The van der Waals surface area contributed by atoms with E-state index in [1.54, 1.807) is 17.0 Å². The molecule has 0 bridgehead atoms. The van der Waals surface area contributed by atoms with E-state index in [9.17, 15) is 19.5 Å². The number of fused-ring (bicyclic) bond motifs is 1. The Hall–Kier alpha value is -2.87. The Labute approximate surface area is 287 Å². The number of hydrogen-bond donors (Lipinski definition) is 3. The smallest absolute Gasteiger partial charge is 0.322 e. The summed E-state index contributed by atoms with van der Waals surface area (Å²) in [4.78, 5) is 50.9. The van der Waals surface area contributed by atoms with Crippen molar-refractivity contribution >= 4 is 55.5 Å². The molecule has 0 unspecified atom stereocenters. The number of carbonyl (C=O) groups is 3. The summed E-state index contributed by atoms with van der Waals surface area (Å²) in [5, 5.41) is 16.3. The number of benzene rings is 2. The Balaban J connectivity index is 1.09. The number of anilines is 1. The third kappa shape index (κ3) is 7.48. The predicted molar refractivity (Wildman–Crippen MR) is 184 cm³/mol. The van der Waals surface area contributed by atoms with Gasteiger partial charge in [0.1, 0.15) is 11.8 Å². The monoisotopic (exact) mass is 759 g/mol. The molecule has 13 heteroatoms. The number of piperidine rings is 2. The van der Waals surface area contributed by atoms with E-state index in [2.05, 4.69) is 59.3 Å². The van der Waals surface area contributed by atoms with Crippen LogP contribution in [0, 0.1) is 0 Å². The number of phenols is 1. The zero-order valence-electron chi connectivity index (χ0n) is 26.3. The van der Waals surface area contributed by atoms with Gasteiger partial charge in [-0.3, -0.25) is 9.69 Å². The van der Waals surface area contributed by atoms with Crippen LogP contribution in [-0.2, 0) is 17.8 Å². The third-order valence-electron chi connectivity index (χ3n) is 10.00. The number of rotatable bonds is 6. The van der Waals surface area contributed by atoms with Gasteiger partial charge in [-0.05, 0) is 107 Å². The van der Waals surface area contributed by atoms with E-state index < -0.39 is 6.04 Å². The predicted octanol–water partition coefficient (Wildman–Crippen LogP) is 4.29. The summed E-state index contributed by atoms with van der Waals surface area (Å²) < 4.78 is 1.04. The van der Waals surface area contributed by atoms with Crippen LogP contribution in [0.15, 0.2) is 45.3 Å². The van der Waals surface area contributed by atoms with Crippen LogP contribution >= 0.6 is 31.9 Å². The van der Waals surface area contributed by atoms with Crippen LogP contribution in [0.4, 0.5) is 15.3 Å². The van der Waals surface area contributed by atoms with E-state index in [1.807, 2.05) is 34.1 Å². The van der Waals surface area contributed by atoms with Gasteiger partial charge in [-0.1, -0.05) is 18.2 Å².